The van der Waals surface area contributed by atoms with Crippen LogP contribution in [0.3, 0.4) is 0 Å². The van der Waals surface area contributed by atoms with E-state index in [1.54, 1.807) is 54.7 Å². The van der Waals surface area contributed by atoms with Crippen LogP contribution in [-0.2, 0) is 9.59 Å². The van der Waals surface area contributed by atoms with Crippen LogP contribution in [0, 0.1) is 0 Å². The molecule has 1 atom stereocenters. The van der Waals surface area contributed by atoms with Gasteiger partial charge in [-0.15, -0.1) is 11.3 Å². The molecule has 1 heterocycles. The third-order valence-electron chi connectivity index (χ3n) is 3.53. The lowest BCUT2D eigenvalue weighted by molar-refractivity contribution is -0.123. The molecule has 2 aromatic rings. The van der Waals surface area contributed by atoms with Crippen molar-refractivity contribution in [2.45, 2.75) is 13.0 Å². The Labute approximate surface area is 151 Å². The summed E-state index contributed by atoms with van der Waals surface area (Å²) < 4.78 is 5.12. The summed E-state index contributed by atoms with van der Waals surface area (Å²) >= 11 is 1.60. The van der Waals surface area contributed by atoms with Gasteiger partial charge in [-0.05, 0) is 37.6 Å². The number of nitrogens with one attached hydrogen (secondary N) is 2. The van der Waals surface area contributed by atoms with Crippen molar-refractivity contribution in [2.24, 2.45) is 0 Å². The van der Waals surface area contributed by atoms with E-state index in [1.165, 1.54) is 0 Å². The van der Waals surface area contributed by atoms with Gasteiger partial charge in [0.2, 0.25) is 11.8 Å². The number of hydrogen-bond acceptors (Lipinski definition) is 5. The number of carbonyl (C=O) groups is 2. The Morgan fingerprint density at radius 2 is 1.96 bits per heavy atom. The summed E-state index contributed by atoms with van der Waals surface area (Å²) in [6, 6.07) is 11.0. The molecular weight excluding hydrogens is 338 g/mol. The van der Waals surface area contributed by atoms with Crippen molar-refractivity contribution >= 4 is 28.8 Å². The van der Waals surface area contributed by atoms with Gasteiger partial charge in [-0.2, -0.15) is 0 Å². The summed E-state index contributed by atoms with van der Waals surface area (Å²) in [6.45, 7) is 2.22. The van der Waals surface area contributed by atoms with Crippen molar-refractivity contribution in [1.82, 2.24) is 10.2 Å². The maximum absolute atomic E-state index is 12.1. The van der Waals surface area contributed by atoms with E-state index in [2.05, 4.69) is 10.6 Å². The highest BCUT2D eigenvalue weighted by Gasteiger charge is 2.14. The predicted octanol–water partition coefficient (Wildman–Crippen LogP) is 2.50. The molecule has 0 spiro atoms. The van der Waals surface area contributed by atoms with Gasteiger partial charge in [0, 0.05) is 16.6 Å². The molecule has 0 radical (unpaired) electrons. The maximum atomic E-state index is 12.1. The van der Waals surface area contributed by atoms with Gasteiger partial charge in [-0.25, -0.2) is 0 Å². The highest BCUT2D eigenvalue weighted by atomic mass is 32.1. The number of hydrogen-bond donors (Lipinski definition) is 2. The van der Waals surface area contributed by atoms with E-state index >= 15 is 0 Å². The van der Waals surface area contributed by atoms with Crippen LogP contribution < -0.4 is 15.4 Å². The van der Waals surface area contributed by atoms with Crippen molar-refractivity contribution in [3.8, 4) is 5.75 Å². The third-order valence-corrected chi connectivity index (χ3v) is 4.58. The van der Waals surface area contributed by atoms with Crippen LogP contribution >= 0.6 is 11.3 Å². The van der Waals surface area contributed by atoms with Gasteiger partial charge < -0.3 is 15.4 Å². The van der Waals surface area contributed by atoms with E-state index < -0.39 is 0 Å². The fourth-order valence-corrected chi connectivity index (χ4v) is 3.08. The highest BCUT2D eigenvalue weighted by molar-refractivity contribution is 7.10. The number of ether oxygens (including phenoxy) is 1. The second-order valence-corrected chi connectivity index (χ2v) is 6.74. The Hall–Kier alpha value is -2.38. The molecule has 0 aliphatic heterocycles. The zero-order valence-electron chi connectivity index (χ0n) is 14.6. The Balaban J connectivity index is 1.77. The minimum absolute atomic E-state index is 0.0356. The molecule has 0 aliphatic carbocycles. The van der Waals surface area contributed by atoms with Gasteiger partial charge in [-0.3, -0.25) is 14.5 Å². The zero-order valence-corrected chi connectivity index (χ0v) is 15.4. The quantitative estimate of drug-likeness (QED) is 0.758. The average Bonchev–Trinajstić information content (AvgIpc) is 3.09. The summed E-state index contributed by atoms with van der Waals surface area (Å²) in [6.07, 6.45) is 0. The van der Waals surface area contributed by atoms with Gasteiger partial charge in [0.1, 0.15) is 5.75 Å². The lowest BCUT2D eigenvalue weighted by Gasteiger charge is -2.18. The second-order valence-electron chi connectivity index (χ2n) is 5.76. The molecule has 0 saturated heterocycles. The molecular formula is C18H23N3O3S. The molecule has 1 aromatic carbocycles. The molecule has 6 nitrogen and oxygen atoms in total. The van der Waals surface area contributed by atoms with E-state index in [-0.39, 0.29) is 30.9 Å². The van der Waals surface area contributed by atoms with Gasteiger partial charge in [0.05, 0.1) is 26.2 Å². The molecule has 1 aromatic heterocycles. The van der Waals surface area contributed by atoms with Crippen molar-refractivity contribution in [3.63, 3.8) is 0 Å². The average molecular weight is 361 g/mol. The largest absolute Gasteiger partial charge is 0.497 e. The van der Waals surface area contributed by atoms with Crippen LogP contribution in [0.15, 0.2) is 41.8 Å². The van der Waals surface area contributed by atoms with Crippen molar-refractivity contribution in [3.05, 3.63) is 46.7 Å². The van der Waals surface area contributed by atoms with E-state index in [0.717, 1.165) is 4.88 Å². The van der Waals surface area contributed by atoms with E-state index in [1.807, 2.05) is 24.4 Å². The summed E-state index contributed by atoms with van der Waals surface area (Å²) in [5.74, 6) is 0.375. The summed E-state index contributed by atoms with van der Waals surface area (Å²) in [4.78, 5) is 27.0. The van der Waals surface area contributed by atoms with E-state index in [9.17, 15) is 9.59 Å². The molecule has 2 N–H and O–H groups in total. The molecule has 0 fully saturated rings. The second kappa shape index (κ2) is 9.19. The summed E-state index contributed by atoms with van der Waals surface area (Å²) in [5, 5.41) is 7.71. The normalized spacial score (nSPS) is 11.8. The highest BCUT2D eigenvalue weighted by Crippen LogP contribution is 2.18. The maximum Gasteiger partial charge on any atom is 0.238 e. The Morgan fingerprint density at radius 1 is 1.20 bits per heavy atom. The number of rotatable bonds is 8. The number of nitrogens with zero attached hydrogens (tertiary/aromatic N) is 1. The molecule has 0 aliphatic rings. The van der Waals surface area contributed by atoms with Gasteiger partial charge in [0.25, 0.3) is 0 Å². The first-order chi connectivity index (χ1) is 12.0. The zero-order chi connectivity index (χ0) is 18.2. The molecule has 2 rings (SSSR count). The van der Waals surface area contributed by atoms with Crippen molar-refractivity contribution < 1.29 is 14.3 Å². The molecule has 7 heteroatoms. The number of anilines is 1. The van der Waals surface area contributed by atoms with Crippen LogP contribution in [0.5, 0.6) is 5.75 Å². The van der Waals surface area contributed by atoms with Crippen molar-refractivity contribution in [2.75, 3.05) is 32.6 Å². The summed E-state index contributed by atoms with van der Waals surface area (Å²) in [5.41, 5.74) is 0.661. The molecule has 0 saturated carbocycles. The van der Waals surface area contributed by atoms with Crippen LogP contribution in [0.25, 0.3) is 0 Å². The first-order valence-electron chi connectivity index (χ1n) is 7.93. The first-order valence-corrected chi connectivity index (χ1v) is 8.81. The monoisotopic (exact) mass is 361 g/mol. The predicted molar refractivity (Wildman–Crippen MR) is 100.0 cm³/mol. The molecule has 2 amide bonds. The smallest absolute Gasteiger partial charge is 0.238 e. The number of thiophene rings is 1. The van der Waals surface area contributed by atoms with Crippen LogP contribution in [-0.4, -0.2) is 44.0 Å². The van der Waals surface area contributed by atoms with Crippen LogP contribution in [0.4, 0.5) is 5.69 Å². The van der Waals surface area contributed by atoms with Crippen LogP contribution in [0.1, 0.15) is 17.8 Å². The fourth-order valence-electron chi connectivity index (χ4n) is 2.34. The Kier molecular flexibility index (Phi) is 6.97. The minimum Gasteiger partial charge on any atom is -0.497 e. The van der Waals surface area contributed by atoms with Gasteiger partial charge >= 0.3 is 0 Å². The fraction of sp³-hybridized carbons (Fsp3) is 0.333. The minimum atomic E-state index is -0.185. The van der Waals surface area contributed by atoms with Gasteiger partial charge in [0.15, 0.2) is 0 Å². The van der Waals surface area contributed by atoms with Crippen LogP contribution in [0.2, 0.25) is 0 Å². The third kappa shape index (κ3) is 6.21. The molecule has 25 heavy (non-hydrogen) atoms. The number of likely N-dealkylation sites (N-methyl/N-ethyl adjacent to an activating group) is 1. The standard InChI is InChI=1S/C18H23N3O3S/c1-13(16-8-5-9-25-16)19-17(22)11-21(2)12-18(23)20-14-6-4-7-15(10-14)24-3/h4-10,13H,11-12H2,1-3H3,(H,19,22)(H,20,23)/t13-/m1/s1. The van der Waals surface area contributed by atoms with E-state index in [0.29, 0.717) is 11.4 Å². The Morgan fingerprint density at radius 3 is 2.64 bits per heavy atom. The number of amides is 2. The lowest BCUT2D eigenvalue weighted by atomic mass is 10.2. The summed E-state index contributed by atoms with van der Waals surface area (Å²) in [7, 11) is 3.31. The molecule has 0 bridgehead atoms. The first kappa shape index (κ1) is 19.0. The van der Waals surface area contributed by atoms with Crippen molar-refractivity contribution in [1.29, 1.82) is 0 Å². The SMILES string of the molecule is COc1cccc(NC(=O)CN(C)CC(=O)N[C@H](C)c2cccs2)c1. The number of carbonyl (C=O) groups excluding carboxylic acids is 2. The number of benzene rings is 1. The lowest BCUT2D eigenvalue weighted by Crippen LogP contribution is -2.39. The number of methoxy groups -OCH3 is 1. The van der Waals surface area contributed by atoms with E-state index in [4.69, 9.17) is 4.74 Å². The molecule has 0 unspecified atom stereocenters. The Bertz CT molecular complexity index is 703. The van der Waals surface area contributed by atoms with Gasteiger partial charge in [-0.1, -0.05) is 12.1 Å². The topological polar surface area (TPSA) is 70.7 Å². The molecule has 134 valence electrons.